The summed E-state index contributed by atoms with van der Waals surface area (Å²) in [6.45, 7) is 17.9. The van der Waals surface area contributed by atoms with Gasteiger partial charge >= 0.3 is 111 Å². The molecule has 0 fully saturated rings. The van der Waals surface area contributed by atoms with Crippen LogP contribution in [-0.2, 0) is 29.7 Å². The first-order valence-corrected chi connectivity index (χ1v) is 24.2. The summed E-state index contributed by atoms with van der Waals surface area (Å²) in [6.07, 6.45) is 0. The van der Waals surface area contributed by atoms with Crippen molar-refractivity contribution >= 4 is 52.5 Å². The zero-order valence-corrected chi connectivity index (χ0v) is 33.4. The van der Waals surface area contributed by atoms with E-state index in [1.165, 1.54) is 54.6 Å². The molecule has 7 rings (SSSR count). The Morgan fingerprint density at radius 1 is 0.500 bits per heavy atom. The van der Waals surface area contributed by atoms with Crippen LogP contribution in [0.25, 0.3) is 32.3 Å². The Morgan fingerprint density at radius 2 is 0.979 bits per heavy atom. The fourth-order valence-corrected chi connectivity index (χ4v) is 10.6. The monoisotopic (exact) mass is 746 g/mol. The summed E-state index contributed by atoms with van der Waals surface area (Å²) < 4.78 is 1.15. The molecule has 0 spiro atoms. The summed E-state index contributed by atoms with van der Waals surface area (Å²) in [5, 5.41) is 8.23. The zero-order chi connectivity index (χ0) is 34.6. The van der Waals surface area contributed by atoms with Crippen LogP contribution in [0.3, 0.4) is 0 Å². The standard InChI is InChI=1S/C21H25.C13H10.C11H11.2ClH.Zr/c1-20(2,3)16-7-9-18-14(12-16)11-15-13-17(21(4,5)6)8-10-19(15)18;1-3-7-12(8-4-1)11-13-9-5-2-6-10-13;1-8-6-10-5-3-4-9(2)11(10)7-8;;;/h7-13H,1-6H3;1-10H;3-7H,1-2H3;2*1H;/q-1;;-1;;;+2/p-2. The molecule has 0 unspecified atom stereocenters. The summed E-state index contributed by atoms with van der Waals surface area (Å²) >= 11 is -2.44. The van der Waals surface area contributed by atoms with Crippen LogP contribution in [0.15, 0.2) is 133 Å². The zero-order valence-electron chi connectivity index (χ0n) is 29.5. The maximum atomic E-state index is 6.24. The molecular formula is C45H46Cl2Zr-2. The van der Waals surface area contributed by atoms with Gasteiger partial charge in [0, 0.05) is 0 Å². The molecule has 48 heavy (non-hydrogen) atoms. The maximum absolute atomic E-state index is 6.24. The summed E-state index contributed by atoms with van der Waals surface area (Å²) in [7, 11) is 12.5. The van der Waals surface area contributed by atoms with Gasteiger partial charge in [-0.15, -0.1) is 74.3 Å². The average Bonchev–Trinajstić information content (AvgIpc) is 3.61. The van der Waals surface area contributed by atoms with Crippen molar-refractivity contribution < 1.29 is 18.9 Å². The predicted octanol–water partition coefficient (Wildman–Crippen LogP) is 13.7. The molecule has 0 atom stereocenters. The quantitative estimate of drug-likeness (QED) is 0.154. The number of hydrogen-bond donors (Lipinski definition) is 0. The van der Waals surface area contributed by atoms with Crippen LogP contribution in [0.2, 0.25) is 0 Å². The molecule has 0 saturated heterocycles. The fraction of sp³-hybridized carbons (Fsp3) is 0.222. The van der Waals surface area contributed by atoms with Crippen molar-refractivity contribution in [1.82, 2.24) is 0 Å². The molecule has 0 nitrogen and oxygen atoms in total. The van der Waals surface area contributed by atoms with Crippen LogP contribution in [0, 0.1) is 13.8 Å². The van der Waals surface area contributed by atoms with Crippen LogP contribution < -0.4 is 0 Å². The van der Waals surface area contributed by atoms with E-state index >= 15 is 0 Å². The molecule has 0 bridgehead atoms. The van der Waals surface area contributed by atoms with Gasteiger partial charge in [0.05, 0.1) is 0 Å². The summed E-state index contributed by atoms with van der Waals surface area (Å²) in [5.74, 6) is 0. The SMILES string of the molecule is CC(C)(C)c1ccc2c(c1)[cH-]c1cc(C(C)(C)C)ccc12.Cc1cc2c(C)cccc2[cH-]1.[Cl][Zr]([Cl])=[C](c1ccccc1)c1ccccc1. The second-order valence-corrected chi connectivity index (χ2v) is 22.9. The van der Waals surface area contributed by atoms with Crippen molar-refractivity contribution in [2.75, 3.05) is 0 Å². The Labute approximate surface area is 302 Å². The first-order valence-electron chi connectivity index (χ1n) is 16.7. The molecule has 0 aliphatic heterocycles. The molecule has 3 heteroatoms. The average molecular weight is 749 g/mol. The fourth-order valence-electron chi connectivity index (χ4n) is 6.09. The third-order valence-corrected chi connectivity index (χ3v) is 13.4. The Balaban J connectivity index is 0.000000148. The second kappa shape index (κ2) is 15.2. The van der Waals surface area contributed by atoms with E-state index in [-0.39, 0.29) is 10.8 Å². The molecule has 0 heterocycles. The Kier molecular flexibility index (Phi) is 11.5. The molecule has 0 aliphatic carbocycles. The van der Waals surface area contributed by atoms with Crippen molar-refractivity contribution in [1.29, 1.82) is 0 Å². The van der Waals surface area contributed by atoms with Crippen LogP contribution in [0.4, 0.5) is 0 Å². The van der Waals surface area contributed by atoms with Crippen molar-refractivity contribution in [3.8, 4) is 0 Å². The van der Waals surface area contributed by atoms with Gasteiger partial charge in [0.15, 0.2) is 0 Å². The minimum absolute atomic E-state index is 0.203. The van der Waals surface area contributed by atoms with Crippen LogP contribution >= 0.6 is 17.0 Å². The van der Waals surface area contributed by atoms with Crippen molar-refractivity contribution in [3.05, 3.63) is 167 Å². The van der Waals surface area contributed by atoms with Crippen molar-refractivity contribution in [3.63, 3.8) is 0 Å². The van der Waals surface area contributed by atoms with Crippen LogP contribution in [0.5, 0.6) is 0 Å². The van der Waals surface area contributed by atoms with Gasteiger partial charge in [-0.1, -0.05) is 95.5 Å². The van der Waals surface area contributed by atoms with E-state index in [9.17, 15) is 0 Å². The molecule has 0 amide bonds. The van der Waals surface area contributed by atoms with E-state index in [0.717, 1.165) is 14.3 Å². The number of aryl methyl sites for hydroxylation is 2. The summed E-state index contributed by atoms with van der Waals surface area (Å²) in [4.78, 5) is 0. The molecule has 7 aromatic carbocycles. The van der Waals surface area contributed by atoms with Gasteiger partial charge in [0.1, 0.15) is 0 Å². The third kappa shape index (κ3) is 8.73. The van der Waals surface area contributed by atoms with Gasteiger partial charge in [0.25, 0.3) is 0 Å². The van der Waals surface area contributed by atoms with E-state index in [1.54, 1.807) is 0 Å². The van der Waals surface area contributed by atoms with Gasteiger partial charge in [-0.3, -0.25) is 0 Å². The molecule has 0 aliphatic rings. The van der Waals surface area contributed by atoms with Gasteiger partial charge in [-0.05, 0) is 17.8 Å². The first-order chi connectivity index (χ1) is 22.7. The number of halogens is 2. The Morgan fingerprint density at radius 3 is 1.40 bits per heavy atom. The van der Waals surface area contributed by atoms with Gasteiger partial charge in [-0.2, -0.15) is 6.07 Å². The van der Waals surface area contributed by atoms with E-state index < -0.39 is 18.9 Å². The van der Waals surface area contributed by atoms with Gasteiger partial charge in [-0.25, -0.2) is 0 Å². The normalized spacial score (nSPS) is 11.5. The second-order valence-electron chi connectivity index (χ2n) is 14.7. The summed E-state index contributed by atoms with van der Waals surface area (Å²) in [6, 6.07) is 47.4. The molecule has 7 aromatic rings. The van der Waals surface area contributed by atoms with Crippen molar-refractivity contribution in [2.24, 2.45) is 0 Å². The van der Waals surface area contributed by atoms with E-state index in [0.29, 0.717) is 0 Å². The van der Waals surface area contributed by atoms with Crippen LogP contribution in [0.1, 0.15) is 74.9 Å². The van der Waals surface area contributed by atoms with Gasteiger partial charge < -0.3 is 0 Å². The molecule has 0 aromatic heterocycles. The van der Waals surface area contributed by atoms with E-state index in [4.69, 9.17) is 17.0 Å². The van der Waals surface area contributed by atoms with E-state index in [2.05, 4.69) is 152 Å². The summed E-state index contributed by atoms with van der Waals surface area (Å²) in [5.41, 5.74) is 8.23. The molecular weight excluding hydrogens is 703 g/mol. The number of rotatable bonds is 2. The predicted molar refractivity (Wildman–Crippen MR) is 211 cm³/mol. The minimum atomic E-state index is -2.44. The van der Waals surface area contributed by atoms with Crippen LogP contribution in [-0.4, -0.2) is 3.21 Å². The number of fused-ring (bicyclic) bond motifs is 4. The van der Waals surface area contributed by atoms with Crippen molar-refractivity contribution in [2.45, 2.75) is 66.2 Å². The Bertz CT molecular complexity index is 2050. The number of hydrogen-bond acceptors (Lipinski definition) is 0. The third-order valence-electron chi connectivity index (χ3n) is 8.86. The topological polar surface area (TPSA) is 0 Å². The molecule has 0 N–H and O–H groups in total. The molecule has 246 valence electrons. The molecule has 0 radical (unpaired) electrons. The number of benzene rings is 5. The van der Waals surface area contributed by atoms with Gasteiger partial charge in [0.2, 0.25) is 0 Å². The van der Waals surface area contributed by atoms with E-state index in [1.807, 2.05) is 36.4 Å². The molecule has 0 saturated carbocycles. The first kappa shape index (κ1) is 36.2. The Hall–Kier alpha value is -3.09.